The lowest BCUT2D eigenvalue weighted by Gasteiger charge is -2.14. The van der Waals surface area contributed by atoms with Gasteiger partial charge in [0.05, 0.1) is 16.3 Å². The Bertz CT molecular complexity index is 785. The van der Waals surface area contributed by atoms with Gasteiger partial charge < -0.3 is 10.3 Å². The summed E-state index contributed by atoms with van der Waals surface area (Å²) in [7, 11) is -0.625. The summed E-state index contributed by atoms with van der Waals surface area (Å²) < 4.78 is 26.9. The van der Waals surface area contributed by atoms with Crippen LogP contribution in [-0.2, 0) is 10.0 Å². The van der Waals surface area contributed by atoms with Crippen molar-refractivity contribution >= 4 is 15.7 Å². The number of benzene rings is 1. The molecule has 6 nitrogen and oxygen atoms in total. The monoisotopic (exact) mass is 290 g/mol. The molecular formula is C13H14N4O2S. The van der Waals surface area contributed by atoms with Gasteiger partial charge in [-0.25, -0.2) is 12.7 Å². The van der Waals surface area contributed by atoms with Gasteiger partial charge in [0.25, 0.3) is 0 Å². The van der Waals surface area contributed by atoms with Crippen LogP contribution in [0.2, 0.25) is 0 Å². The first-order valence-corrected chi connectivity index (χ1v) is 7.22. The molecule has 2 N–H and O–H groups in total. The zero-order valence-corrected chi connectivity index (χ0v) is 11.9. The first-order valence-electron chi connectivity index (χ1n) is 5.78. The number of nitrogens with zero attached hydrogens (tertiary/aromatic N) is 3. The number of hydrogen-bond acceptors (Lipinski definition) is 4. The Hall–Kier alpha value is -2.30. The van der Waals surface area contributed by atoms with Crippen LogP contribution in [-0.4, -0.2) is 31.4 Å². The third kappa shape index (κ3) is 2.27. The largest absolute Gasteiger partial charge is 0.397 e. The van der Waals surface area contributed by atoms with Gasteiger partial charge in [0.2, 0.25) is 10.0 Å². The van der Waals surface area contributed by atoms with Crippen LogP contribution in [0, 0.1) is 11.3 Å². The topological polar surface area (TPSA) is 92.1 Å². The molecule has 0 saturated carbocycles. The first kappa shape index (κ1) is 14.1. The molecule has 0 aliphatic carbocycles. The van der Waals surface area contributed by atoms with Gasteiger partial charge >= 0.3 is 0 Å². The highest BCUT2D eigenvalue weighted by Gasteiger charge is 2.19. The minimum absolute atomic E-state index is 0.129. The highest BCUT2D eigenvalue weighted by atomic mass is 32.2. The molecule has 0 spiro atoms. The van der Waals surface area contributed by atoms with Crippen molar-refractivity contribution < 1.29 is 8.42 Å². The van der Waals surface area contributed by atoms with E-state index < -0.39 is 10.0 Å². The summed E-state index contributed by atoms with van der Waals surface area (Å²) in [5, 5.41) is 9.04. The molecule has 0 saturated heterocycles. The predicted octanol–water partition coefficient (Wildman–Crippen LogP) is 1.18. The summed E-state index contributed by atoms with van der Waals surface area (Å²) in [5.41, 5.74) is 7.14. The molecule has 1 aromatic heterocycles. The Morgan fingerprint density at radius 2 is 2.00 bits per heavy atom. The maximum absolute atomic E-state index is 12.1. The van der Waals surface area contributed by atoms with E-state index in [0.717, 1.165) is 4.31 Å². The molecule has 1 heterocycles. The van der Waals surface area contributed by atoms with Gasteiger partial charge in [-0.2, -0.15) is 5.26 Å². The maximum atomic E-state index is 12.1. The fourth-order valence-corrected chi connectivity index (χ4v) is 2.71. The zero-order valence-electron chi connectivity index (χ0n) is 11.1. The molecule has 2 aromatic rings. The molecular weight excluding hydrogens is 276 g/mol. The van der Waals surface area contributed by atoms with Crippen LogP contribution in [0.15, 0.2) is 41.4 Å². The molecule has 1 aromatic carbocycles. The summed E-state index contributed by atoms with van der Waals surface area (Å²) in [6, 6.07) is 9.79. The summed E-state index contributed by atoms with van der Waals surface area (Å²) in [5.74, 6) is 0. The third-order valence-electron chi connectivity index (χ3n) is 2.90. The first-order chi connectivity index (χ1) is 9.37. The summed E-state index contributed by atoms with van der Waals surface area (Å²) in [6.07, 6.45) is 1.66. The van der Waals surface area contributed by atoms with Crippen LogP contribution in [0.1, 0.15) is 5.69 Å². The van der Waals surface area contributed by atoms with Crippen molar-refractivity contribution in [2.45, 2.75) is 4.90 Å². The van der Waals surface area contributed by atoms with Crippen molar-refractivity contribution in [3.05, 3.63) is 42.2 Å². The molecule has 20 heavy (non-hydrogen) atoms. The lowest BCUT2D eigenvalue weighted by atomic mass is 10.2. The molecule has 0 aliphatic rings. The van der Waals surface area contributed by atoms with E-state index in [1.54, 1.807) is 22.9 Å². The Morgan fingerprint density at radius 1 is 1.30 bits per heavy atom. The standard InChI is InChI=1S/C13H14N4O2S/c1-16(2)20(18,19)11-5-6-12(15)13(8-11)17-7-3-4-10(17)9-14/h3-8H,15H2,1-2H3. The van der Waals surface area contributed by atoms with Crippen molar-refractivity contribution in [3.63, 3.8) is 0 Å². The summed E-state index contributed by atoms with van der Waals surface area (Å²) >= 11 is 0. The van der Waals surface area contributed by atoms with Crippen LogP contribution in [0.3, 0.4) is 0 Å². The Balaban J connectivity index is 2.66. The number of hydrogen-bond donors (Lipinski definition) is 1. The fraction of sp³-hybridized carbons (Fsp3) is 0.154. The third-order valence-corrected chi connectivity index (χ3v) is 4.71. The number of nitriles is 1. The van der Waals surface area contributed by atoms with Gasteiger partial charge in [-0.1, -0.05) is 0 Å². The van der Waals surface area contributed by atoms with Crippen LogP contribution in [0.25, 0.3) is 5.69 Å². The Kier molecular flexibility index (Phi) is 3.53. The molecule has 104 valence electrons. The van der Waals surface area contributed by atoms with Crippen LogP contribution < -0.4 is 5.73 Å². The van der Waals surface area contributed by atoms with E-state index in [0.29, 0.717) is 17.1 Å². The average molecular weight is 290 g/mol. The van der Waals surface area contributed by atoms with Gasteiger partial charge in [0.15, 0.2) is 0 Å². The molecule has 0 radical (unpaired) electrons. The number of nitrogen functional groups attached to an aromatic ring is 1. The smallest absolute Gasteiger partial charge is 0.242 e. The molecule has 2 rings (SSSR count). The van der Waals surface area contributed by atoms with Crippen molar-refractivity contribution in [3.8, 4) is 11.8 Å². The minimum Gasteiger partial charge on any atom is -0.397 e. The second kappa shape index (κ2) is 5.00. The van der Waals surface area contributed by atoms with E-state index in [-0.39, 0.29) is 4.90 Å². The molecule has 0 aliphatic heterocycles. The lowest BCUT2D eigenvalue weighted by Crippen LogP contribution is -2.22. The molecule has 0 fully saturated rings. The van der Waals surface area contributed by atoms with Crippen molar-refractivity contribution in [2.75, 3.05) is 19.8 Å². The molecule has 0 bridgehead atoms. The number of rotatable bonds is 3. The van der Waals surface area contributed by atoms with Gasteiger partial charge in [-0.3, -0.25) is 0 Å². The van der Waals surface area contributed by atoms with E-state index in [9.17, 15) is 8.42 Å². The van der Waals surface area contributed by atoms with E-state index in [2.05, 4.69) is 0 Å². The lowest BCUT2D eigenvalue weighted by molar-refractivity contribution is 0.520. The van der Waals surface area contributed by atoms with Crippen LogP contribution >= 0.6 is 0 Å². The van der Waals surface area contributed by atoms with Gasteiger partial charge in [-0.15, -0.1) is 0 Å². The highest BCUT2D eigenvalue weighted by Crippen LogP contribution is 2.24. The molecule has 0 unspecified atom stereocenters. The minimum atomic E-state index is -3.55. The quantitative estimate of drug-likeness (QED) is 0.859. The second-order valence-corrected chi connectivity index (χ2v) is 6.54. The number of aromatic nitrogens is 1. The SMILES string of the molecule is CN(C)S(=O)(=O)c1ccc(N)c(-n2cccc2C#N)c1. The van der Waals surface area contributed by atoms with Gasteiger partial charge in [0, 0.05) is 20.3 Å². The van der Waals surface area contributed by atoms with Crippen molar-refractivity contribution in [1.82, 2.24) is 8.87 Å². The van der Waals surface area contributed by atoms with Crippen molar-refractivity contribution in [2.24, 2.45) is 0 Å². The molecule has 0 amide bonds. The Labute approximate surface area is 117 Å². The average Bonchev–Trinajstić information content (AvgIpc) is 2.86. The van der Waals surface area contributed by atoms with Gasteiger partial charge in [0.1, 0.15) is 11.8 Å². The summed E-state index contributed by atoms with van der Waals surface area (Å²) in [6.45, 7) is 0. The zero-order chi connectivity index (χ0) is 14.9. The molecule has 7 heteroatoms. The number of anilines is 1. The van der Waals surface area contributed by atoms with Crippen LogP contribution in [0.4, 0.5) is 5.69 Å². The van der Waals surface area contributed by atoms with E-state index in [1.807, 2.05) is 6.07 Å². The maximum Gasteiger partial charge on any atom is 0.242 e. The normalized spacial score (nSPS) is 11.5. The Morgan fingerprint density at radius 3 is 2.60 bits per heavy atom. The fourth-order valence-electron chi connectivity index (χ4n) is 1.79. The van der Waals surface area contributed by atoms with E-state index in [1.165, 1.54) is 32.3 Å². The van der Waals surface area contributed by atoms with E-state index >= 15 is 0 Å². The number of sulfonamides is 1. The second-order valence-electron chi connectivity index (χ2n) is 4.38. The van der Waals surface area contributed by atoms with Crippen LogP contribution in [0.5, 0.6) is 0 Å². The number of nitrogens with two attached hydrogens (primary N) is 1. The van der Waals surface area contributed by atoms with Gasteiger partial charge in [-0.05, 0) is 30.3 Å². The molecule has 0 atom stereocenters. The van der Waals surface area contributed by atoms with E-state index in [4.69, 9.17) is 11.0 Å². The van der Waals surface area contributed by atoms with Crippen molar-refractivity contribution in [1.29, 1.82) is 5.26 Å². The summed E-state index contributed by atoms with van der Waals surface area (Å²) in [4.78, 5) is 0.129. The highest BCUT2D eigenvalue weighted by molar-refractivity contribution is 7.89. The predicted molar refractivity (Wildman–Crippen MR) is 75.8 cm³/mol.